The van der Waals surface area contributed by atoms with Gasteiger partial charge in [0, 0.05) is 25.1 Å². The molecule has 0 radical (unpaired) electrons. The first kappa shape index (κ1) is 34.4. The minimum Gasteiger partial charge on any atom is -0.354 e. The third-order valence-electron chi connectivity index (χ3n) is 7.92. The highest BCUT2D eigenvalue weighted by atomic mass is 32.2. The lowest BCUT2D eigenvalue weighted by molar-refractivity contribution is -0.140. The molecule has 4 aromatic rings. The maximum absolute atomic E-state index is 15.1. The Morgan fingerprint density at radius 3 is 2.11 bits per heavy atom. The van der Waals surface area contributed by atoms with Crippen LogP contribution < -0.4 is 9.62 Å². The van der Waals surface area contributed by atoms with Crippen molar-refractivity contribution in [3.8, 4) is 0 Å². The fourth-order valence-electron chi connectivity index (χ4n) is 5.03. The molecule has 4 rings (SSSR count). The van der Waals surface area contributed by atoms with E-state index in [0.29, 0.717) is 12.2 Å². The van der Waals surface area contributed by atoms with E-state index < -0.39 is 40.2 Å². The molecule has 0 unspecified atom stereocenters. The molecule has 0 aliphatic rings. The van der Waals surface area contributed by atoms with E-state index >= 15 is 4.39 Å². The van der Waals surface area contributed by atoms with Crippen molar-refractivity contribution < 1.29 is 22.4 Å². The number of amides is 2. The SMILES string of the molecule is Cc1ccc(S(=O)(=O)N(CC(=O)N(Cc2ccccc2F)[C@H](Cc2ccccc2)C(=O)NCC(C)C)c2ccc(C)c(C)c2)cc1. The van der Waals surface area contributed by atoms with Crippen molar-refractivity contribution in [1.29, 1.82) is 0 Å². The van der Waals surface area contributed by atoms with Crippen LogP contribution in [0.3, 0.4) is 0 Å². The van der Waals surface area contributed by atoms with Crippen LogP contribution in [0.4, 0.5) is 10.1 Å². The number of hydrogen-bond acceptors (Lipinski definition) is 4. The van der Waals surface area contributed by atoms with Crippen molar-refractivity contribution in [2.24, 2.45) is 5.92 Å². The summed E-state index contributed by atoms with van der Waals surface area (Å²) in [5.41, 5.74) is 4.04. The lowest BCUT2D eigenvalue weighted by Crippen LogP contribution is -2.53. The van der Waals surface area contributed by atoms with Crippen LogP contribution >= 0.6 is 0 Å². The monoisotopic (exact) mass is 643 g/mol. The highest BCUT2D eigenvalue weighted by molar-refractivity contribution is 7.92. The molecular weight excluding hydrogens is 601 g/mol. The van der Waals surface area contributed by atoms with Gasteiger partial charge in [-0.25, -0.2) is 12.8 Å². The van der Waals surface area contributed by atoms with Crippen LogP contribution in [0.15, 0.2) is 102 Å². The number of anilines is 1. The molecule has 0 spiro atoms. The molecule has 0 aliphatic carbocycles. The summed E-state index contributed by atoms with van der Waals surface area (Å²) in [4.78, 5) is 29.7. The molecule has 0 bridgehead atoms. The Bertz CT molecular complexity index is 1760. The number of aryl methyl sites for hydroxylation is 3. The van der Waals surface area contributed by atoms with Gasteiger partial charge in [0.05, 0.1) is 10.6 Å². The number of sulfonamides is 1. The second-order valence-electron chi connectivity index (χ2n) is 12.1. The first-order valence-electron chi connectivity index (χ1n) is 15.4. The van der Waals surface area contributed by atoms with Gasteiger partial charge in [-0.2, -0.15) is 0 Å². The van der Waals surface area contributed by atoms with E-state index in [2.05, 4.69) is 5.32 Å². The van der Waals surface area contributed by atoms with Gasteiger partial charge in [-0.1, -0.05) is 86.1 Å². The Morgan fingerprint density at radius 1 is 0.826 bits per heavy atom. The fourth-order valence-corrected chi connectivity index (χ4v) is 6.44. The molecule has 0 fully saturated rings. The number of halogens is 1. The van der Waals surface area contributed by atoms with Gasteiger partial charge in [0.2, 0.25) is 11.8 Å². The number of nitrogens with zero attached hydrogens (tertiary/aromatic N) is 2. The average molecular weight is 644 g/mol. The van der Waals surface area contributed by atoms with Crippen molar-refractivity contribution in [2.75, 3.05) is 17.4 Å². The molecule has 0 saturated heterocycles. The average Bonchev–Trinajstić information content (AvgIpc) is 3.03. The number of hydrogen-bond donors (Lipinski definition) is 1. The summed E-state index contributed by atoms with van der Waals surface area (Å²) < 4.78 is 44.5. The van der Waals surface area contributed by atoms with Crippen LogP contribution in [0.1, 0.15) is 41.7 Å². The van der Waals surface area contributed by atoms with Gasteiger partial charge in [0.25, 0.3) is 10.0 Å². The predicted molar refractivity (Wildman–Crippen MR) is 180 cm³/mol. The van der Waals surface area contributed by atoms with Gasteiger partial charge in [0.1, 0.15) is 18.4 Å². The zero-order valence-electron chi connectivity index (χ0n) is 27.0. The fraction of sp³-hybridized carbons (Fsp3) is 0.297. The molecule has 0 aliphatic heterocycles. The molecule has 1 N–H and O–H groups in total. The van der Waals surface area contributed by atoms with Gasteiger partial charge in [-0.3, -0.25) is 13.9 Å². The van der Waals surface area contributed by atoms with Crippen LogP contribution in [0.25, 0.3) is 0 Å². The first-order valence-corrected chi connectivity index (χ1v) is 16.8. The minimum atomic E-state index is -4.23. The number of rotatable bonds is 13. The van der Waals surface area contributed by atoms with E-state index in [9.17, 15) is 18.0 Å². The van der Waals surface area contributed by atoms with Gasteiger partial charge >= 0.3 is 0 Å². The van der Waals surface area contributed by atoms with Crippen LogP contribution in [-0.4, -0.2) is 44.3 Å². The van der Waals surface area contributed by atoms with Crippen molar-refractivity contribution in [1.82, 2.24) is 10.2 Å². The highest BCUT2D eigenvalue weighted by Gasteiger charge is 2.35. The van der Waals surface area contributed by atoms with E-state index in [-0.39, 0.29) is 29.3 Å². The van der Waals surface area contributed by atoms with Crippen molar-refractivity contribution in [3.63, 3.8) is 0 Å². The molecule has 46 heavy (non-hydrogen) atoms. The number of benzene rings is 4. The number of nitrogens with one attached hydrogen (secondary N) is 1. The molecule has 7 nitrogen and oxygen atoms in total. The second kappa shape index (κ2) is 15.2. The Labute approximate surface area is 272 Å². The highest BCUT2D eigenvalue weighted by Crippen LogP contribution is 2.27. The Hall–Kier alpha value is -4.50. The van der Waals surface area contributed by atoms with Crippen LogP contribution in [-0.2, 0) is 32.6 Å². The summed E-state index contributed by atoms with van der Waals surface area (Å²) in [6, 6.07) is 25.9. The molecule has 4 aromatic carbocycles. The third-order valence-corrected chi connectivity index (χ3v) is 9.71. The summed E-state index contributed by atoms with van der Waals surface area (Å²) >= 11 is 0. The van der Waals surface area contributed by atoms with E-state index in [1.165, 1.54) is 23.1 Å². The van der Waals surface area contributed by atoms with Crippen molar-refractivity contribution >= 4 is 27.5 Å². The Balaban J connectivity index is 1.82. The van der Waals surface area contributed by atoms with Gasteiger partial charge in [-0.15, -0.1) is 0 Å². The molecule has 0 aromatic heterocycles. The third kappa shape index (κ3) is 8.60. The van der Waals surface area contributed by atoms with Gasteiger partial charge in [0.15, 0.2) is 0 Å². The van der Waals surface area contributed by atoms with Crippen LogP contribution in [0, 0.1) is 32.5 Å². The van der Waals surface area contributed by atoms with Crippen molar-refractivity contribution in [3.05, 3.63) is 131 Å². The molecular formula is C37H42FN3O4S. The lowest BCUT2D eigenvalue weighted by atomic mass is 10.0. The number of carbonyl (C=O) groups is 2. The molecule has 242 valence electrons. The van der Waals surface area contributed by atoms with Crippen molar-refractivity contribution in [2.45, 2.75) is 58.5 Å². The summed E-state index contributed by atoms with van der Waals surface area (Å²) in [7, 11) is -4.23. The zero-order valence-corrected chi connectivity index (χ0v) is 27.9. The predicted octanol–water partition coefficient (Wildman–Crippen LogP) is 6.36. The van der Waals surface area contributed by atoms with Gasteiger partial charge < -0.3 is 10.2 Å². The minimum absolute atomic E-state index is 0.0280. The summed E-state index contributed by atoms with van der Waals surface area (Å²) in [6.07, 6.45) is 0.152. The molecule has 0 heterocycles. The Kier molecular flexibility index (Phi) is 11.4. The molecule has 2 amide bonds. The quantitative estimate of drug-likeness (QED) is 0.184. The maximum atomic E-state index is 15.1. The van der Waals surface area contributed by atoms with E-state index in [1.54, 1.807) is 42.5 Å². The maximum Gasteiger partial charge on any atom is 0.264 e. The largest absolute Gasteiger partial charge is 0.354 e. The zero-order chi connectivity index (χ0) is 33.4. The second-order valence-corrected chi connectivity index (χ2v) is 13.9. The van der Waals surface area contributed by atoms with Crippen LogP contribution in [0.5, 0.6) is 0 Å². The van der Waals surface area contributed by atoms with Crippen LogP contribution in [0.2, 0.25) is 0 Å². The summed E-state index contributed by atoms with van der Waals surface area (Å²) in [6.45, 7) is 9.12. The lowest BCUT2D eigenvalue weighted by Gasteiger charge is -2.34. The Morgan fingerprint density at radius 2 is 1.48 bits per heavy atom. The normalized spacial score (nSPS) is 12.1. The number of carbonyl (C=O) groups excluding carboxylic acids is 2. The topological polar surface area (TPSA) is 86.8 Å². The molecule has 9 heteroatoms. The summed E-state index contributed by atoms with van der Waals surface area (Å²) in [5, 5.41) is 2.94. The van der Waals surface area contributed by atoms with E-state index in [1.807, 2.05) is 71.0 Å². The van der Waals surface area contributed by atoms with E-state index in [0.717, 1.165) is 26.6 Å². The van der Waals surface area contributed by atoms with E-state index in [4.69, 9.17) is 0 Å². The smallest absolute Gasteiger partial charge is 0.264 e. The van der Waals surface area contributed by atoms with Gasteiger partial charge in [-0.05, 0) is 73.7 Å². The summed E-state index contributed by atoms with van der Waals surface area (Å²) in [5.74, 6) is -1.42. The molecule has 1 atom stereocenters. The standard InChI is InChI=1S/C37H42FN3O4S/c1-26(2)23-39-37(43)35(22-30-11-7-6-8-12-30)40(24-31-13-9-10-14-34(31)38)36(42)25-41(32-18-17-28(4)29(5)21-32)46(44,45)33-19-15-27(3)16-20-33/h6-21,26,35H,22-25H2,1-5H3,(H,39,43)/t35-/m1/s1. The molecule has 0 saturated carbocycles. The first-order chi connectivity index (χ1) is 21.9.